The Morgan fingerprint density at radius 1 is 1.19 bits per heavy atom. The van der Waals surface area contributed by atoms with Gasteiger partial charge in [0, 0.05) is 29.2 Å². The predicted molar refractivity (Wildman–Crippen MR) is 81.1 cm³/mol. The molecule has 5 heteroatoms. The van der Waals surface area contributed by atoms with Crippen LogP contribution in [0.5, 0.6) is 0 Å². The van der Waals surface area contributed by atoms with Crippen molar-refractivity contribution >= 4 is 23.0 Å². The van der Waals surface area contributed by atoms with Gasteiger partial charge in [-0.2, -0.15) is 0 Å². The third-order valence-corrected chi connectivity index (χ3v) is 3.68. The minimum absolute atomic E-state index is 0.188. The first kappa shape index (κ1) is 13.6. The average molecular weight is 285 g/mol. The summed E-state index contributed by atoms with van der Waals surface area (Å²) in [7, 11) is 0. The van der Waals surface area contributed by atoms with Gasteiger partial charge in [0.2, 0.25) is 5.91 Å². The van der Waals surface area contributed by atoms with E-state index < -0.39 is 6.04 Å². The second kappa shape index (κ2) is 5.18. The van der Waals surface area contributed by atoms with E-state index in [0.717, 1.165) is 29.2 Å². The maximum Gasteiger partial charge on any atom is 0.245 e. The summed E-state index contributed by atoms with van der Waals surface area (Å²) in [6.45, 7) is 2.74. The predicted octanol–water partition coefficient (Wildman–Crippen LogP) is 2.94. The summed E-state index contributed by atoms with van der Waals surface area (Å²) in [6, 6.07) is 11.4. The summed E-state index contributed by atoms with van der Waals surface area (Å²) < 4.78 is 13.0. The van der Waals surface area contributed by atoms with Gasteiger partial charge in [-0.1, -0.05) is 6.07 Å². The number of nitrogens with zero attached hydrogens (tertiary/aromatic N) is 1. The molecule has 0 fully saturated rings. The molecule has 1 aliphatic heterocycles. The van der Waals surface area contributed by atoms with E-state index in [1.54, 1.807) is 12.1 Å². The Kier molecular flexibility index (Phi) is 3.35. The lowest BCUT2D eigenvalue weighted by Crippen LogP contribution is -2.19. The average Bonchev–Trinajstić information content (AvgIpc) is 2.77. The molecule has 0 aromatic heterocycles. The third kappa shape index (κ3) is 2.36. The molecule has 1 amide bonds. The molecule has 1 atom stereocenters. The molecule has 1 heterocycles. The van der Waals surface area contributed by atoms with Crippen LogP contribution in [0.1, 0.15) is 18.5 Å². The van der Waals surface area contributed by atoms with Gasteiger partial charge in [-0.15, -0.1) is 0 Å². The number of halogens is 1. The van der Waals surface area contributed by atoms with Crippen molar-refractivity contribution in [1.29, 1.82) is 0 Å². The molecule has 1 aliphatic rings. The second-order valence-electron chi connectivity index (χ2n) is 4.96. The fourth-order valence-corrected chi connectivity index (χ4v) is 2.58. The van der Waals surface area contributed by atoms with E-state index in [1.807, 2.05) is 30.0 Å². The number of amides is 1. The molecule has 0 spiro atoms. The third-order valence-electron chi connectivity index (χ3n) is 3.68. The standard InChI is InChI=1S/C16H16FN3O/c1-2-20(11-5-3-10(17)4-6-11)12-7-8-13-14(9-12)19-16(21)15(13)18/h3-9,15H,2,18H2,1H3,(H,19,21). The molecule has 0 bridgehead atoms. The number of hydrogen-bond donors (Lipinski definition) is 2. The molecule has 1 unspecified atom stereocenters. The number of rotatable bonds is 3. The summed E-state index contributed by atoms with van der Waals surface area (Å²) in [5.74, 6) is -0.450. The topological polar surface area (TPSA) is 58.4 Å². The fourth-order valence-electron chi connectivity index (χ4n) is 2.58. The Morgan fingerprint density at radius 2 is 1.86 bits per heavy atom. The highest BCUT2D eigenvalue weighted by Gasteiger charge is 2.27. The Bertz CT molecular complexity index is 684. The summed E-state index contributed by atoms with van der Waals surface area (Å²) in [4.78, 5) is 13.6. The van der Waals surface area contributed by atoms with Gasteiger partial charge in [0.05, 0.1) is 0 Å². The molecule has 4 nitrogen and oxygen atoms in total. The van der Waals surface area contributed by atoms with Gasteiger partial charge >= 0.3 is 0 Å². The van der Waals surface area contributed by atoms with Gasteiger partial charge < -0.3 is 16.0 Å². The van der Waals surface area contributed by atoms with Gasteiger partial charge in [0.15, 0.2) is 0 Å². The number of anilines is 3. The number of fused-ring (bicyclic) bond motifs is 1. The van der Waals surface area contributed by atoms with Crippen LogP contribution in [0.15, 0.2) is 42.5 Å². The summed E-state index contributed by atoms with van der Waals surface area (Å²) in [6.07, 6.45) is 0. The van der Waals surface area contributed by atoms with Crippen LogP contribution in [-0.2, 0) is 4.79 Å². The number of benzene rings is 2. The van der Waals surface area contributed by atoms with Crippen molar-refractivity contribution in [2.24, 2.45) is 5.73 Å². The van der Waals surface area contributed by atoms with Gasteiger partial charge in [-0.25, -0.2) is 4.39 Å². The maximum absolute atomic E-state index is 13.0. The number of nitrogens with two attached hydrogens (primary N) is 1. The molecule has 108 valence electrons. The SMILES string of the molecule is CCN(c1ccc(F)cc1)c1ccc2c(c1)NC(=O)C2N. The molecule has 2 aromatic rings. The van der Waals surface area contributed by atoms with Crippen LogP contribution < -0.4 is 16.0 Å². The van der Waals surface area contributed by atoms with Crippen LogP contribution >= 0.6 is 0 Å². The Hall–Kier alpha value is -2.40. The zero-order valence-electron chi connectivity index (χ0n) is 11.6. The van der Waals surface area contributed by atoms with Crippen molar-refractivity contribution in [1.82, 2.24) is 0 Å². The van der Waals surface area contributed by atoms with Crippen molar-refractivity contribution in [3.8, 4) is 0 Å². The number of nitrogens with one attached hydrogen (secondary N) is 1. The molecule has 3 rings (SSSR count). The highest BCUT2D eigenvalue weighted by atomic mass is 19.1. The first-order chi connectivity index (χ1) is 10.1. The van der Waals surface area contributed by atoms with Gasteiger partial charge in [0.25, 0.3) is 0 Å². The molecule has 0 saturated heterocycles. The van der Waals surface area contributed by atoms with Gasteiger partial charge in [0.1, 0.15) is 11.9 Å². The zero-order valence-corrected chi connectivity index (χ0v) is 11.6. The summed E-state index contributed by atoms with van der Waals surface area (Å²) in [5.41, 5.74) is 9.18. The molecule has 0 aliphatic carbocycles. The largest absolute Gasteiger partial charge is 0.342 e. The normalized spacial score (nSPS) is 16.5. The number of carbonyl (C=O) groups excluding carboxylic acids is 1. The van der Waals surface area contributed by atoms with Crippen molar-refractivity contribution in [3.05, 3.63) is 53.8 Å². The van der Waals surface area contributed by atoms with Crippen LogP contribution in [0.2, 0.25) is 0 Å². The number of hydrogen-bond acceptors (Lipinski definition) is 3. The van der Waals surface area contributed by atoms with E-state index in [0.29, 0.717) is 0 Å². The zero-order chi connectivity index (χ0) is 15.0. The molecular weight excluding hydrogens is 269 g/mol. The molecule has 21 heavy (non-hydrogen) atoms. The van der Waals surface area contributed by atoms with Crippen molar-refractivity contribution in [2.75, 3.05) is 16.8 Å². The van der Waals surface area contributed by atoms with Gasteiger partial charge in [-0.05, 0) is 43.3 Å². The van der Waals surface area contributed by atoms with Crippen molar-refractivity contribution in [2.45, 2.75) is 13.0 Å². The summed E-state index contributed by atoms with van der Waals surface area (Å²) >= 11 is 0. The van der Waals surface area contributed by atoms with E-state index in [2.05, 4.69) is 5.32 Å². The van der Waals surface area contributed by atoms with Crippen LogP contribution in [0.25, 0.3) is 0 Å². The first-order valence-corrected chi connectivity index (χ1v) is 6.83. The van der Waals surface area contributed by atoms with Crippen molar-refractivity contribution in [3.63, 3.8) is 0 Å². The van der Waals surface area contributed by atoms with Gasteiger partial charge in [-0.3, -0.25) is 4.79 Å². The second-order valence-corrected chi connectivity index (χ2v) is 4.96. The maximum atomic E-state index is 13.0. The molecule has 3 N–H and O–H groups in total. The van der Waals surface area contributed by atoms with Crippen LogP contribution in [0.3, 0.4) is 0 Å². The Labute approximate surface area is 122 Å². The monoisotopic (exact) mass is 285 g/mol. The highest BCUT2D eigenvalue weighted by Crippen LogP contribution is 2.35. The number of carbonyl (C=O) groups is 1. The lowest BCUT2D eigenvalue weighted by molar-refractivity contribution is -0.116. The van der Waals surface area contributed by atoms with E-state index in [9.17, 15) is 9.18 Å². The first-order valence-electron chi connectivity index (χ1n) is 6.83. The highest BCUT2D eigenvalue weighted by molar-refractivity contribution is 6.03. The lowest BCUT2D eigenvalue weighted by Gasteiger charge is -2.24. The summed E-state index contributed by atoms with van der Waals surface area (Å²) in [5, 5.41) is 2.78. The Balaban J connectivity index is 1.97. The Morgan fingerprint density at radius 3 is 2.52 bits per heavy atom. The molecule has 0 radical (unpaired) electrons. The van der Waals surface area contributed by atoms with Crippen LogP contribution in [0.4, 0.5) is 21.5 Å². The molecular formula is C16H16FN3O. The van der Waals surface area contributed by atoms with E-state index >= 15 is 0 Å². The van der Waals surface area contributed by atoms with E-state index in [4.69, 9.17) is 5.73 Å². The fraction of sp³-hybridized carbons (Fsp3) is 0.188. The minimum Gasteiger partial charge on any atom is -0.342 e. The smallest absolute Gasteiger partial charge is 0.245 e. The molecule has 0 saturated carbocycles. The van der Waals surface area contributed by atoms with Crippen LogP contribution in [-0.4, -0.2) is 12.5 Å². The quantitative estimate of drug-likeness (QED) is 0.911. The van der Waals surface area contributed by atoms with E-state index in [-0.39, 0.29) is 11.7 Å². The minimum atomic E-state index is -0.602. The van der Waals surface area contributed by atoms with Crippen molar-refractivity contribution < 1.29 is 9.18 Å². The molecule has 2 aromatic carbocycles. The lowest BCUT2D eigenvalue weighted by atomic mass is 10.1. The van der Waals surface area contributed by atoms with E-state index in [1.165, 1.54) is 12.1 Å². The van der Waals surface area contributed by atoms with Crippen LogP contribution in [0, 0.1) is 5.82 Å².